The molecule has 31 heavy (non-hydrogen) atoms. The summed E-state index contributed by atoms with van der Waals surface area (Å²) in [5, 5.41) is 12.0. The van der Waals surface area contributed by atoms with Crippen molar-refractivity contribution < 1.29 is 24.3 Å². The molecular formula is C19H19Cl2N5O5. The first kappa shape index (κ1) is 23.8. The van der Waals surface area contributed by atoms with E-state index in [2.05, 4.69) is 15.1 Å². The van der Waals surface area contributed by atoms with E-state index in [1.54, 1.807) is 12.1 Å². The topological polar surface area (TPSA) is 169 Å². The van der Waals surface area contributed by atoms with Gasteiger partial charge < -0.3 is 26.7 Å². The standard InChI is InChI=1S/C19H19Cl2N5O5/c20-13-6-10(7-14(21)17(13)29)4-5-16(28)31-26-15(27)9-24-18(30)11-2-1-3-12(8-11)25-19(22)23/h1-3,6-8,29H,4-5,9H2,(H,24,30)(H,26,27)(H4,22,23,25). The highest BCUT2D eigenvalue weighted by Gasteiger charge is 2.12. The average Bonchev–Trinajstić information content (AvgIpc) is 2.72. The SMILES string of the molecule is NC(N)=Nc1cccc(C(=O)NCC(=O)NOC(=O)CCc2cc(Cl)c(O)c(Cl)c2)c1. The van der Waals surface area contributed by atoms with Crippen LogP contribution >= 0.6 is 23.2 Å². The molecule has 0 spiro atoms. The lowest BCUT2D eigenvalue weighted by Gasteiger charge is -2.08. The number of aliphatic imine (C=N–C) groups is 1. The summed E-state index contributed by atoms with van der Waals surface area (Å²) < 4.78 is 0. The van der Waals surface area contributed by atoms with E-state index in [9.17, 15) is 19.5 Å². The van der Waals surface area contributed by atoms with Crippen LogP contribution in [-0.2, 0) is 20.8 Å². The van der Waals surface area contributed by atoms with Gasteiger partial charge in [-0.1, -0.05) is 29.3 Å². The van der Waals surface area contributed by atoms with Gasteiger partial charge in [0.05, 0.1) is 28.7 Å². The van der Waals surface area contributed by atoms with Gasteiger partial charge in [0.15, 0.2) is 11.7 Å². The Kier molecular flexibility index (Phi) is 8.47. The number of amides is 2. The highest BCUT2D eigenvalue weighted by molar-refractivity contribution is 6.37. The number of guanidine groups is 1. The Hall–Kier alpha value is -3.50. The Morgan fingerprint density at radius 1 is 1.10 bits per heavy atom. The van der Waals surface area contributed by atoms with Crippen LogP contribution in [0.3, 0.4) is 0 Å². The number of hydroxylamine groups is 1. The quantitative estimate of drug-likeness (QED) is 0.233. The van der Waals surface area contributed by atoms with Gasteiger partial charge in [-0.3, -0.25) is 9.59 Å². The number of aryl methyl sites for hydroxylation is 1. The van der Waals surface area contributed by atoms with Crippen LogP contribution in [-0.4, -0.2) is 35.4 Å². The predicted molar refractivity (Wildman–Crippen MR) is 115 cm³/mol. The molecular weight excluding hydrogens is 449 g/mol. The molecule has 0 radical (unpaired) electrons. The summed E-state index contributed by atoms with van der Waals surface area (Å²) in [4.78, 5) is 44.1. The largest absolute Gasteiger partial charge is 0.505 e. The fourth-order valence-electron chi connectivity index (χ4n) is 2.34. The van der Waals surface area contributed by atoms with Crippen LogP contribution < -0.4 is 22.3 Å². The zero-order chi connectivity index (χ0) is 23.0. The van der Waals surface area contributed by atoms with Gasteiger partial charge in [-0.2, -0.15) is 5.48 Å². The van der Waals surface area contributed by atoms with Crippen molar-refractivity contribution >= 4 is 52.6 Å². The monoisotopic (exact) mass is 467 g/mol. The zero-order valence-corrected chi connectivity index (χ0v) is 17.5. The number of hydrogen-bond donors (Lipinski definition) is 5. The number of nitrogens with one attached hydrogen (secondary N) is 2. The van der Waals surface area contributed by atoms with Gasteiger partial charge >= 0.3 is 5.97 Å². The van der Waals surface area contributed by atoms with Crippen LogP contribution in [0.5, 0.6) is 5.75 Å². The summed E-state index contributed by atoms with van der Waals surface area (Å²) in [6.45, 7) is -0.429. The fourth-order valence-corrected chi connectivity index (χ4v) is 2.87. The van der Waals surface area contributed by atoms with Gasteiger partial charge in [-0.25, -0.2) is 9.79 Å². The van der Waals surface area contributed by atoms with Crippen LogP contribution in [0.15, 0.2) is 41.4 Å². The van der Waals surface area contributed by atoms with Gasteiger partial charge in [-0.15, -0.1) is 0 Å². The second kappa shape index (κ2) is 11.0. The minimum absolute atomic E-state index is 0.0590. The van der Waals surface area contributed by atoms with E-state index in [0.29, 0.717) is 11.3 Å². The molecule has 10 nitrogen and oxygen atoms in total. The van der Waals surface area contributed by atoms with Crippen LogP contribution in [0.1, 0.15) is 22.3 Å². The number of nitrogens with zero attached hydrogens (tertiary/aromatic N) is 1. The van der Waals surface area contributed by atoms with E-state index in [-0.39, 0.29) is 40.2 Å². The molecule has 0 aromatic heterocycles. The Bertz CT molecular complexity index is 1000. The number of phenols is 1. The maximum Gasteiger partial charge on any atom is 0.332 e. The van der Waals surface area contributed by atoms with Crippen molar-refractivity contribution in [1.82, 2.24) is 10.8 Å². The predicted octanol–water partition coefficient (Wildman–Crippen LogP) is 1.54. The number of hydrogen-bond acceptors (Lipinski definition) is 6. The Labute approximate surface area is 187 Å². The minimum Gasteiger partial charge on any atom is -0.505 e. The molecule has 0 aliphatic carbocycles. The molecule has 2 aromatic carbocycles. The molecule has 2 amide bonds. The lowest BCUT2D eigenvalue weighted by Crippen LogP contribution is -2.38. The maximum atomic E-state index is 12.1. The van der Waals surface area contributed by atoms with Gasteiger partial charge in [0, 0.05) is 5.56 Å². The van der Waals surface area contributed by atoms with Crippen LogP contribution in [0.2, 0.25) is 10.0 Å². The molecule has 0 unspecified atom stereocenters. The third-order valence-corrected chi connectivity index (χ3v) is 4.33. The number of carbonyl (C=O) groups excluding carboxylic acids is 3. The molecule has 0 aliphatic heterocycles. The third-order valence-electron chi connectivity index (χ3n) is 3.75. The van der Waals surface area contributed by atoms with E-state index in [1.165, 1.54) is 24.3 Å². The van der Waals surface area contributed by atoms with Crippen molar-refractivity contribution in [2.45, 2.75) is 12.8 Å². The summed E-state index contributed by atoms with van der Waals surface area (Å²) in [5.74, 6) is -2.40. The van der Waals surface area contributed by atoms with Crippen LogP contribution in [0.4, 0.5) is 5.69 Å². The second-order valence-electron chi connectivity index (χ2n) is 6.18. The highest BCUT2D eigenvalue weighted by atomic mass is 35.5. The van der Waals surface area contributed by atoms with Crippen molar-refractivity contribution in [3.63, 3.8) is 0 Å². The Morgan fingerprint density at radius 3 is 2.42 bits per heavy atom. The Balaban J connectivity index is 1.76. The first-order chi connectivity index (χ1) is 14.7. The number of benzene rings is 2. The van der Waals surface area contributed by atoms with Gasteiger partial charge in [0.25, 0.3) is 11.8 Å². The molecule has 0 fully saturated rings. The Morgan fingerprint density at radius 2 is 1.77 bits per heavy atom. The lowest BCUT2D eigenvalue weighted by molar-refractivity contribution is -0.157. The molecule has 0 atom stereocenters. The van der Waals surface area contributed by atoms with Crippen molar-refractivity contribution in [3.05, 3.63) is 57.6 Å². The molecule has 164 valence electrons. The molecule has 0 saturated carbocycles. The van der Waals surface area contributed by atoms with Gasteiger partial charge in [0.2, 0.25) is 0 Å². The van der Waals surface area contributed by atoms with Crippen molar-refractivity contribution in [3.8, 4) is 5.75 Å². The second-order valence-corrected chi connectivity index (χ2v) is 6.99. The number of halogens is 2. The van der Waals surface area contributed by atoms with Crippen LogP contribution in [0, 0.1) is 0 Å². The zero-order valence-electron chi connectivity index (χ0n) is 16.0. The smallest absolute Gasteiger partial charge is 0.332 e. The lowest BCUT2D eigenvalue weighted by atomic mass is 10.1. The number of carbonyl (C=O) groups is 3. The summed E-state index contributed by atoms with van der Waals surface area (Å²) in [6, 6.07) is 9.06. The molecule has 2 aromatic rings. The van der Waals surface area contributed by atoms with E-state index < -0.39 is 24.3 Å². The molecule has 0 aliphatic rings. The highest BCUT2D eigenvalue weighted by Crippen LogP contribution is 2.33. The third kappa shape index (κ3) is 7.68. The molecule has 0 heterocycles. The van der Waals surface area contributed by atoms with E-state index in [1.807, 2.05) is 5.48 Å². The summed E-state index contributed by atoms with van der Waals surface area (Å²) in [5.41, 5.74) is 13.7. The number of aromatic hydroxyl groups is 1. The minimum atomic E-state index is -0.738. The van der Waals surface area contributed by atoms with Gasteiger partial charge in [-0.05, 0) is 42.3 Å². The molecule has 0 bridgehead atoms. The molecule has 2 rings (SSSR count). The van der Waals surface area contributed by atoms with Gasteiger partial charge in [0.1, 0.15) is 0 Å². The van der Waals surface area contributed by atoms with Crippen molar-refractivity contribution in [1.29, 1.82) is 0 Å². The number of rotatable bonds is 7. The number of phenolic OH excluding ortho intramolecular Hbond substituents is 1. The average molecular weight is 468 g/mol. The molecule has 0 saturated heterocycles. The maximum absolute atomic E-state index is 12.1. The van der Waals surface area contributed by atoms with Crippen molar-refractivity contribution in [2.75, 3.05) is 6.54 Å². The fraction of sp³-hybridized carbons (Fsp3) is 0.158. The van der Waals surface area contributed by atoms with E-state index in [0.717, 1.165) is 0 Å². The summed E-state index contributed by atoms with van der Waals surface area (Å²) >= 11 is 11.6. The molecule has 12 heteroatoms. The first-order valence-electron chi connectivity index (χ1n) is 8.79. The summed E-state index contributed by atoms with van der Waals surface area (Å²) in [7, 11) is 0. The normalized spacial score (nSPS) is 10.1. The van der Waals surface area contributed by atoms with Crippen molar-refractivity contribution in [2.24, 2.45) is 16.5 Å². The van der Waals surface area contributed by atoms with Crippen LogP contribution in [0.25, 0.3) is 0 Å². The first-order valence-corrected chi connectivity index (χ1v) is 9.54. The number of nitrogens with two attached hydrogens (primary N) is 2. The summed E-state index contributed by atoms with van der Waals surface area (Å²) in [6.07, 6.45) is 0.138. The van der Waals surface area contributed by atoms with E-state index >= 15 is 0 Å². The van der Waals surface area contributed by atoms with E-state index in [4.69, 9.17) is 34.7 Å². The molecule has 7 N–H and O–H groups in total.